The van der Waals surface area contributed by atoms with Crippen LogP contribution < -0.4 is 0 Å². The van der Waals surface area contributed by atoms with Gasteiger partial charge in [-0.15, -0.1) is 0 Å². The summed E-state index contributed by atoms with van der Waals surface area (Å²) in [7, 11) is 0. The maximum atomic E-state index is 11.8. The van der Waals surface area contributed by atoms with Gasteiger partial charge in [0.2, 0.25) is 0 Å². The SMILES string of the molecule is CCCCCCCCCCCC(=O)C(=O)CCCCCCCCC. The average molecular weight is 339 g/mol. The summed E-state index contributed by atoms with van der Waals surface area (Å²) in [6.45, 7) is 4.46. The van der Waals surface area contributed by atoms with E-state index in [0.717, 1.165) is 25.7 Å². The molecule has 0 heterocycles. The molecule has 0 aromatic heterocycles. The predicted molar refractivity (Wildman–Crippen MR) is 104 cm³/mol. The molecule has 142 valence electrons. The van der Waals surface area contributed by atoms with E-state index in [2.05, 4.69) is 13.8 Å². The Balaban J connectivity index is 3.35. The summed E-state index contributed by atoms with van der Waals surface area (Å²) >= 11 is 0. The molecular formula is C22H42O2. The third-order valence-corrected chi connectivity index (χ3v) is 4.83. The zero-order valence-electron chi connectivity index (χ0n) is 16.5. The van der Waals surface area contributed by atoms with Crippen molar-refractivity contribution in [1.82, 2.24) is 0 Å². The molecule has 2 heteroatoms. The molecule has 0 amide bonds. The van der Waals surface area contributed by atoms with Crippen molar-refractivity contribution in [1.29, 1.82) is 0 Å². The fraction of sp³-hybridized carbons (Fsp3) is 0.909. The van der Waals surface area contributed by atoms with Gasteiger partial charge in [0.05, 0.1) is 0 Å². The molecule has 0 aliphatic heterocycles. The molecule has 0 bridgehead atoms. The lowest BCUT2D eigenvalue weighted by molar-refractivity contribution is -0.136. The maximum absolute atomic E-state index is 11.8. The summed E-state index contributed by atoms with van der Waals surface area (Å²) in [4.78, 5) is 23.6. The molecule has 0 atom stereocenters. The van der Waals surface area contributed by atoms with Crippen molar-refractivity contribution in [2.24, 2.45) is 0 Å². The first-order valence-corrected chi connectivity index (χ1v) is 10.8. The molecule has 0 rings (SSSR count). The minimum Gasteiger partial charge on any atom is -0.291 e. The Morgan fingerprint density at radius 1 is 0.417 bits per heavy atom. The van der Waals surface area contributed by atoms with Gasteiger partial charge < -0.3 is 0 Å². The van der Waals surface area contributed by atoms with Crippen LogP contribution in [0.25, 0.3) is 0 Å². The fourth-order valence-corrected chi connectivity index (χ4v) is 3.12. The van der Waals surface area contributed by atoms with Gasteiger partial charge in [0, 0.05) is 12.8 Å². The largest absolute Gasteiger partial charge is 0.291 e. The van der Waals surface area contributed by atoms with E-state index in [1.54, 1.807) is 0 Å². The van der Waals surface area contributed by atoms with Crippen molar-refractivity contribution in [3.8, 4) is 0 Å². The number of rotatable bonds is 19. The van der Waals surface area contributed by atoms with Gasteiger partial charge in [0.1, 0.15) is 0 Å². The lowest BCUT2D eigenvalue weighted by atomic mass is 10.0. The van der Waals surface area contributed by atoms with E-state index in [4.69, 9.17) is 0 Å². The standard InChI is InChI=1S/C22H42O2/c1-3-5-7-9-11-12-14-16-18-20-22(24)21(23)19-17-15-13-10-8-6-4-2/h3-20H2,1-2H3. The predicted octanol–water partition coefficient (Wildman–Crippen LogP) is 7.19. The van der Waals surface area contributed by atoms with E-state index in [0.29, 0.717) is 12.8 Å². The number of ketones is 2. The molecule has 2 nitrogen and oxygen atoms in total. The quantitative estimate of drug-likeness (QED) is 0.184. The van der Waals surface area contributed by atoms with Crippen LogP contribution in [0.15, 0.2) is 0 Å². The van der Waals surface area contributed by atoms with Crippen molar-refractivity contribution in [3.63, 3.8) is 0 Å². The minimum absolute atomic E-state index is 0.121. The van der Waals surface area contributed by atoms with E-state index in [-0.39, 0.29) is 11.6 Å². The van der Waals surface area contributed by atoms with Crippen molar-refractivity contribution < 1.29 is 9.59 Å². The zero-order chi connectivity index (χ0) is 17.9. The van der Waals surface area contributed by atoms with E-state index < -0.39 is 0 Å². The lowest BCUT2D eigenvalue weighted by Crippen LogP contribution is -2.13. The van der Waals surface area contributed by atoms with Crippen molar-refractivity contribution >= 4 is 11.6 Å². The Hall–Kier alpha value is -0.660. The monoisotopic (exact) mass is 338 g/mol. The van der Waals surface area contributed by atoms with Gasteiger partial charge in [-0.25, -0.2) is 0 Å². The first-order valence-electron chi connectivity index (χ1n) is 10.8. The van der Waals surface area contributed by atoms with Crippen molar-refractivity contribution in [2.45, 2.75) is 129 Å². The van der Waals surface area contributed by atoms with Crippen LogP contribution in [0.4, 0.5) is 0 Å². The highest BCUT2D eigenvalue weighted by atomic mass is 16.2. The van der Waals surface area contributed by atoms with Crippen LogP contribution >= 0.6 is 0 Å². The normalized spacial score (nSPS) is 10.9. The molecule has 0 N–H and O–H groups in total. The van der Waals surface area contributed by atoms with Crippen molar-refractivity contribution in [2.75, 3.05) is 0 Å². The minimum atomic E-state index is -0.122. The van der Waals surface area contributed by atoms with Gasteiger partial charge in [-0.05, 0) is 12.8 Å². The summed E-state index contributed by atoms with van der Waals surface area (Å²) in [5.41, 5.74) is 0. The van der Waals surface area contributed by atoms with Gasteiger partial charge in [-0.3, -0.25) is 9.59 Å². The highest BCUT2D eigenvalue weighted by Gasteiger charge is 2.12. The van der Waals surface area contributed by atoms with E-state index in [9.17, 15) is 9.59 Å². The number of carbonyl (C=O) groups is 2. The highest BCUT2D eigenvalue weighted by Crippen LogP contribution is 2.12. The lowest BCUT2D eigenvalue weighted by Gasteiger charge is -2.03. The van der Waals surface area contributed by atoms with E-state index in [1.165, 1.54) is 77.0 Å². The second kappa shape index (κ2) is 18.7. The Morgan fingerprint density at radius 3 is 0.958 bits per heavy atom. The molecule has 0 aliphatic rings. The highest BCUT2D eigenvalue weighted by molar-refractivity contribution is 6.37. The first kappa shape index (κ1) is 23.3. The molecule has 0 aromatic carbocycles. The summed E-state index contributed by atoms with van der Waals surface area (Å²) in [6.07, 6.45) is 20.5. The summed E-state index contributed by atoms with van der Waals surface area (Å²) < 4.78 is 0. The maximum Gasteiger partial charge on any atom is 0.198 e. The Morgan fingerprint density at radius 2 is 0.667 bits per heavy atom. The summed E-state index contributed by atoms with van der Waals surface area (Å²) in [6, 6.07) is 0. The van der Waals surface area contributed by atoms with E-state index >= 15 is 0 Å². The second-order valence-electron chi connectivity index (χ2n) is 7.30. The smallest absolute Gasteiger partial charge is 0.198 e. The van der Waals surface area contributed by atoms with Crippen molar-refractivity contribution in [3.05, 3.63) is 0 Å². The molecule has 24 heavy (non-hydrogen) atoms. The van der Waals surface area contributed by atoms with Crippen LogP contribution in [0.1, 0.15) is 129 Å². The molecule has 0 unspecified atom stereocenters. The molecule has 0 aromatic rings. The fourth-order valence-electron chi connectivity index (χ4n) is 3.12. The Kier molecular flexibility index (Phi) is 18.2. The topological polar surface area (TPSA) is 34.1 Å². The second-order valence-corrected chi connectivity index (χ2v) is 7.30. The Bertz CT molecular complexity index is 296. The molecule has 0 saturated carbocycles. The van der Waals surface area contributed by atoms with Gasteiger partial charge >= 0.3 is 0 Å². The van der Waals surface area contributed by atoms with Crippen LogP contribution in [0, 0.1) is 0 Å². The third kappa shape index (κ3) is 16.2. The molecular weight excluding hydrogens is 296 g/mol. The van der Waals surface area contributed by atoms with Crippen LogP contribution in [0.3, 0.4) is 0 Å². The van der Waals surface area contributed by atoms with Gasteiger partial charge in [-0.2, -0.15) is 0 Å². The third-order valence-electron chi connectivity index (χ3n) is 4.83. The molecule has 0 aliphatic carbocycles. The number of Topliss-reactive ketones (excluding diaryl/α,β-unsaturated/α-hetero) is 2. The van der Waals surface area contributed by atoms with Gasteiger partial charge in [-0.1, -0.05) is 104 Å². The van der Waals surface area contributed by atoms with Crippen LogP contribution in [-0.2, 0) is 9.59 Å². The molecule has 0 spiro atoms. The Labute approximate surface area is 151 Å². The zero-order valence-corrected chi connectivity index (χ0v) is 16.5. The first-order chi connectivity index (χ1) is 11.7. The van der Waals surface area contributed by atoms with Crippen LogP contribution in [0.2, 0.25) is 0 Å². The molecule has 0 radical (unpaired) electrons. The average Bonchev–Trinajstić information content (AvgIpc) is 2.59. The summed E-state index contributed by atoms with van der Waals surface area (Å²) in [5.74, 6) is -0.243. The number of hydrogen-bond acceptors (Lipinski definition) is 2. The molecule has 0 fully saturated rings. The molecule has 0 saturated heterocycles. The van der Waals surface area contributed by atoms with Crippen LogP contribution in [-0.4, -0.2) is 11.6 Å². The van der Waals surface area contributed by atoms with E-state index in [1.807, 2.05) is 0 Å². The number of unbranched alkanes of at least 4 members (excludes halogenated alkanes) is 14. The van der Waals surface area contributed by atoms with Gasteiger partial charge in [0.15, 0.2) is 11.6 Å². The number of carbonyl (C=O) groups excluding carboxylic acids is 2. The van der Waals surface area contributed by atoms with Gasteiger partial charge in [0.25, 0.3) is 0 Å². The number of hydrogen-bond donors (Lipinski definition) is 0. The van der Waals surface area contributed by atoms with Crippen LogP contribution in [0.5, 0.6) is 0 Å². The summed E-state index contributed by atoms with van der Waals surface area (Å²) in [5, 5.41) is 0.